The summed E-state index contributed by atoms with van der Waals surface area (Å²) in [6, 6.07) is 3.76. The van der Waals surface area contributed by atoms with E-state index in [9.17, 15) is 8.78 Å². The predicted molar refractivity (Wildman–Crippen MR) is 64.2 cm³/mol. The standard InChI is InChI=1S/C12H10F2N2S/c1-2-8-11(15-6-16-12(8)17)7-3-4-9(13)10(14)5-7/h3-6H,2H2,1H3,(H,15,16,17). The molecule has 2 aromatic rings. The zero-order valence-electron chi connectivity index (χ0n) is 9.13. The maximum Gasteiger partial charge on any atom is 0.159 e. The van der Waals surface area contributed by atoms with E-state index in [-0.39, 0.29) is 0 Å². The van der Waals surface area contributed by atoms with Gasteiger partial charge in [-0.05, 0) is 24.6 Å². The molecule has 0 saturated carbocycles. The molecule has 0 radical (unpaired) electrons. The van der Waals surface area contributed by atoms with Crippen LogP contribution in [0.15, 0.2) is 24.5 Å². The molecule has 1 aromatic heterocycles. The first kappa shape index (κ1) is 11.9. The van der Waals surface area contributed by atoms with E-state index in [1.54, 1.807) is 0 Å². The molecule has 0 aliphatic rings. The van der Waals surface area contributed by atoms with Gasteiger partial charge in [0.15, 0.2) is 11.6 Å². The molecule has 2 nitrogen and oxygen atoms in total. The molecule has 0 amide bonds. The molecule has 1 N–H and O–H groups in total. The minimum absolute atomic E-state index is 0.478. The SMILES string of the molecule is CCc1c(-c2ccc(F)c(F)c2)[nH]cnc1=S. The number of aromatic nitrogens is 2. The number of nitrogens with zero attached hydrogens (tertiary/aromatic N) is 1. The van der Waals surface area contributed by atoms with Crippen molar-refractivity contribution >= 4 is 12.2 Å². The van der Waals surface area contributed by atoms with Gasteiger partial charge in [-0.1, -0.05) is 19.1 Å². The van der Waals surface area contributed by atoms with E-state index in [1.807, 2.05) is 6.92 Å². The maximum atomic E-state index is 13.2. The highest BCUT2D eigenvalue weighted by atomic mass is 32.1. The van der Waals surface area contributed by atoms with E-state index >= 15 is 0 Å². The van der Waals surface area contributed by atoms with E-state index in [0.717, 1.165) is 17.7 Å². The zero-order chi connectivity index (χ0) is 12.4. The van der Waals surface area contributed by atoms with Crippen LogP contribution in [0.2, 0.25) is 0 Å². The Morgan fingerprint density at radius 1 is 1.29 bits per heavy atom. The van der Waals surface area contributed by atoms with Crippen LogP contribution in [0.3, 0.4) is 0 Å². The number of rotatable bonds is 2. The van der Waals surface area contributed by atoms with Gasteiger partial charge in [0.25, 0.3) is 0 Å². The number of hydrogen-bond acceptors (Lipinski definition) is 2. The van der Waals surface area contributed by atoms with Crippen LogP contribution >= 0.6 is 12.2 Å². The molecule has 0 atom stereocenters. The number of hydrogen-bond donors (Lipinski definition) is 1. The van der Waals surface area contributed by atoms with Gasteiger partial charge < -0.3 is 4.98 Å². The Balaban J connectivity index is 2.64. The fourth-order valence-electron chi connectivity index (χ4n) is 1.66. The minimum atomic E-state index is -0.874. The summed E-state index contributed by atoms with van der Waals surface area (Å²) in [5.74, 6) is -1.74. The average molecular weight is 252 g/mol. The Bertz CT molecular complexity index is 608. The quantitative estimate of drug-likeness (QED) is 0.826. The summed E-state index contributed by atoms with van der Waals surface area (Å²) in [4.78, 5) is 6.89. The predicted octanol–water partition coefficient (Wildman–Crippen LogP) is 3.65. The second-order valence-corrected chi connectivity index (χ2v) is 3.93. The van der Waals surface area contributed by atoms with E-state index in [4.69, 9.17) is 12.2 Å². The highest BCUT2D eigenvalue weighted by Crippen LogP contribution is 2.23. The monoisotopic (exact) mass is 252 g/mol. The van der Waals surface area contributed by atoms with Crippen molar-refractivity contribution in [2.24, 2.45) is 0 Å². The van der Waals surface area contributed by atoms with Gasteiger partial charge in [0.2, 0.25) is 0 Å². The van der Waals surface area contributed by atoms with Crippen molar-refractivity contribution in [3.8, 4) is 11.3 Å². The molecule has 17 heavy (non-hydrogen) atoms. The molecular weight excluding hydrogens is 242 g/mol. The second kappa shape index (κ2) is 4.71. The van der Waals surface area contributed by atoms with Crippen molar-refractivity contribution in [1.82, 2.24) is 9.97 Å². The number of benzene rings is 1. The molecule has 5 heteroatoms. The van der Waals surface area contributed by atoms with Crippen molar-refractivity contribution in [2.75, 3.05) is 0 Å². The number of halogens is 2. The Morgan fingerprint density at radius 2 is 2.06 bits per heavy atom. The Morgan fingerprint density at radius 3 is 2.71 bits per heavy atom. The lowest BCUT2D eigenvalue weighted by Crippen LogP contribution is -1.96. The third-order valence-electron chi connectivity index (χ3n) is 2.51. The Kier molecular flexibility index (Phi) is 3.28. The summed E-state index contributed by atoms with van der Waals surface area (Å²) in [6.07, 6.45) is 2.13. The van der Waals surface area contributed by atoms with Crippen molar-refractivity contribution in [3.63, 3.8) is 0 Å². The van der Waals surface area contributed by atoms with Crippen LogP contribution in [-0.4, -0.2) is 9.97 Å². The first-order valence-electron chi connectivity index (χ1n) is 5.15. The third-order valence-corrected chi connectivity index (χ3v) is 2.86. The van der Waals surface area contributed by atoms with Gasteiger partial charge in [-0.2, -0.15) is 0 Å². The van der Waals surface area contributed by atoms with Crippen molar-refractivity contribution < 1.29 is 8.78 Å². The lowest BCUT2D eigenvalue weighted by atomic mass is 10.1. The van der Waals surface area contributed by atoms with Crippen LogP contribution in [0.4, 0.5) is 8.78 Å². The minimum Gasteiger partial charge on any atom is -0.346 e. The Hall–Kier alpha value is -1.62. The molecule has 88 valence electrons. The zero-order valence-corrected chi connectivity index (χ0v) is 9.94. The molecule has 0 saturated heterocycles. The lowest BCUT2D eigenvalue weighted by molar-refractivity contribution is 0.509. The van der Waals surface area contributed by atoms with Crippen LogP contribution in [-0.2, 0) is 6.42 Å². The fraction of sp³-hybridized carbons (Fsp3) is 0.167. The third kappa shape index (κ3) is 2.24. The molecule has 0 spiro atoms. The molecular formula is C12H10F2N2S. The van der Waals surface area contributed by atoms with E-state index in [2.05, 4.69) is 9.97 Å². The molecule has 1 heterocycles. The van der Waals surface area contributed by atoms with Crippen LogP contribution in [0, 0.1) is 16.3 Å². The van der Waals surface area contributed by atoms with Gasteiger partial charge >= 0.3 is 0 Å². The first-order chi connectivity index (χ1) is 8.13. The maximum absolute atomic E-state index is 13.2. The lowest BCUT2D eigenvalue weighted by Gasteiger charge is -2.07. The summed E-state index contributed by atoms with van der Waals surface area (Å²) in [5, 5.41) is 0. The van der Waals surface area contributed by atoms with Crippen LogP contribution in [0.25, 0.3) is 11.3 Å². The largest absolute Gasteiger partial charge is 0.346 e. The normalized spacial score (nSPS) is 10.5. The molecule has 0 aliphatic carbocycles. The van der Waals surface area contributed by atoms with E-state index < -0.39 is 11.6 Å². The van der Waals surface area contributed by atoms with Gasteiger partial charge in [-0.25, -0.2) is 13.8 Å². The molecule has 0 bridgehead atoms. The average Bonchev–Trinajstić information content (AvgIpc) is 2.32. The number of H-pyrrole nitrogens is 1. The topological polar surface area (TPSA) is 28.7 Å². The summed E-state index contributed by atoms with van der Waals surface area (Å²) in [7, 11) is 0. The van der Waals surface area contributed by atoms with Gasteiger partial charge in [0.05, 0.1) is 12.0 Å². The molecule has 1 aromatic carbocycles. The van der Waals surface area contributed by atoms with Crippen molar-refractivity contribution in [2.45, 2.75) is 13.3 Å². The summed E-state index contributed by atoms with van der Waals surface area (Å²) < 4.78 is 26.5. The number of nitrogens with one attached hydrogen (secondary N) is 1. The highest BCUT2D eigenvalue weighted by Gasteiger charge is 2.09. The fourth-order valence-corrected chi connectivity index (χ4v) is 1.96. The van der Waals surface area contributed by atoms with Crippen LogP contribution in [0.1, 0.15) is 12.5 Å². The van der Waals surface area contributed by atoms with Crippen molar-refractivity contribution in [1.29, 1.82) is 0 Å². The number of aromatic amines is 1. The van der Waals surface area contributed by atoms with Crippen LogP contribution in [0.5, 0.6) is 0 Å². The summed E-state index contributed by atoms with van der Waals surface area (Å²) in [5.41, 5.74) is 2.08. The van der Waals surface area contributed by atoms with Gasteiger partial charge in [0, 0.05) is 11.1 Å². The summed E-state index contributed by atoms with van der Waals surface area (Å²) in [6.45, 7) is 1.93. The Labute approximate surface area is 102 Å². The summed E-state index contributed by atoms with van der Waals surface area (Å²) >= 11 is 5.10. The second-order valence-electron chi connectivity index (χ2n) is 3.54. The van der Waals surface area contributed by atoms with Gasteiger partial charge in [-0.3, -0.25) is 0 Å². The molecule has 0 unspecified atom stereocenters. The first-order valence-corrected chi connectivity index (χ1v) is 5.56. The van der Waals surface area contributed by atoms with E-state index in [1.165, 1.54) is 12.4 Å². The molecule has 0 aliphatic heterocycles. The molecule has 0 fully saturated rings. The molecule has 2 rings (SSSR count). The van der Waals surface area contributed by atoms with Crippen LogP contribution < -0.4 is 0 Å². The van der Waals surface area contributed by atoms with Crippen molar-refractivity contribution in [3.05, 3.63) is 46.4 Å². The van der Waals surface area contributed by atoms with Gasteiger partial charge in [-0.15, -0.1) is 0 Å². The highest BCUT2D eigenvalue weighted by molar-refractivity contribution is 7.71. The van der Waals surface area contributed by atoms with E-state index in [0.29, 0.717) is 22.3 Å². The smallest absolute Gasteiger partial charge is 0.159 e. The van der Waals surface area contributed by atoms with Gasteiger partial charge in [0.1, 0.15) is 4.64 Å².